The second-order valence-electron chi connectivity index (χ2n) is 10.9. The predicted molar refractivity (Wildman–Crippen MR) is 145 cm³/mol. The van der Waals surface area contributed by atoms with Crippen molar-refractivity contribution in [3.05, 3.63) is 46.3 Å². The van der Waals surface area contributed by atoms with Crippen LogP contribution >= 0.6 is 11.3 Å². The fourth-order valence-electron chi connectivity index (χ4n) is 6.15. The van der Waals surface area contributed by atoms with E-state index in [4.69, 9.17) is 15.2 Å². The largest absolute Gasteiger partial charge is 0.493 e. The van der Waals surface area contributed by atoms with Crippen LogP contribution in [0.2, 0.25) is 0 Å². The van der Waals surface area contributed by atoms with Crippen LogP contribution in [0.25, 0.3) is 0 Å². The monoisotopic (exact) mass is 560 g/mol. The molecule has 2 aromatic rings. The Labute approximate surface area is 228 Å². The van der Waals surface area contributed by atoms with Crippen LogP contribution in [0.5, 0.6) is 5.75 Å². The second-order valence-corrected chi connectivity index (χ2v) is 14.2. The maximum Gasteiger partial charge on any atom is 0.349 e. The van der Waals surface area contributed by atoms with Crippen LogP contribution in [-0.2, 0) is 25.8 Å². The third-order valence-corrected chi connectivity index (χ3v) is 11.3. The Kier molecular flexibility index (Phi) is 7.84. The minimum atomic E-state index is -3.41. The number of hydrogen-bond acceptors (Lipinski definition) is 8. The lowest BCUT2D eigenvalue weighted by atomic mass is 9.77. The number of amides is 1. The molecule has 5 rings (SSSR count). The van der Waals surface area contributed by atoms with Crippen molar-refractivity contribution >= 4 is 33.1 Å². The Morgan fingerprint density at radius 2 is 1.87 bits per heavy atom. The molecule has 0 atom stereocenters. The van der Waals surface area contributed by atoms with Gasteiger partial charge in [-0.2, -0.15) is 0 Å². The minimum Gasteiger partial charge on any atom is -0.493 e. The standard InChI is InChI=1S/C28H36N2O6S2/c1-38(33,34)25-6-5-24(37-25)26(31)36-28(27(29)32)13-7-19(8-14-28)9-15-30-16-10-20(11-17-30)21-3-2-4-23-22(21)12-18-35-23/h2-6,19-20H,7-18H2,1H3,(H2,29,32). The molecule has 206 valence electrons. The van der Waals surface area contributed by atoms with Gasteiger partial charge in [-0.1, -0.05) is 12.1 Å². The summed E-state index contributed by atoms with van der Waals surface area (Å²) in [5.74, 6) is 0.783. The molecule has 8 nitrogen and oxygen atoms in total. The quantitative estimate of drug-likeness (QED) is 0.487. The molecule has 2 fully saturated rings. The fraction of sp³-hybridized carbons (Fsp3) is 0.571. The second kappa shape index (κ2) is 11.0. The normalized spacial score (nSPS) is 24.5. The van der Waals surface area contributed by atoms with Gasteiger partial charge < -0.3 is 20.1 Å². The van der Waals surface area contributed by atoms with Crippen molar-refractivity contribution in [3.63, 3.8) is 0 Å². The van der Waals surface area contributed by atoms with Gasteiger partial charge in [0.1, 0.15) is 14.8 Å². The van der Waals surface area contributed by atoms with E-state index in [0.717, 1.165) is 88.1 Å². The molecule has 1 amide bonds. The maximum atomic E-state index is 12.7. The number of fused-ring (bicyclic) bond motifs is 1. The number of carbonyl (C=O) groups is 2. The number of benzene rings is 1. The lowest BCUT2D eigenvalue weighted by molar-refractivity contribution is -0.141. The number of piperidine rings is 1. The molecule has 2 N–H and O–H groups in total. The van der Waals surface area contributed by atoms with Gasteiger partial charge in [0, 0.05) is 18.2 Å². The zero-order valence-corrected chi connectivity index (χ0v) is 23.5. The Balaban J connectivity index is 1.10. The first-order valence-electron chi connectivity index (χ1n) is 13.4. The van der Waals surface area contributed by atoms with Crippen LogP contribution in [0.3, 0.4) is 0 Å². The number of nitrogens with two attached hydrogens (primary N) is 1. The molecule has 1 saturated carbocycles. The molecule has 1 aliphatic carbocycles. The number of primary amides is 1. The lowest BCUT2D eigenvalue weighted by Crippen LogP contribution is -2.50. The van der Waals surface area contributed by atoms with E-state index in [2.05, 4.69) is 23.1 Å². The van der Waals surface area contributed by atoms with Crippen LogP contribution in [0.4, 0.5) is 0 Å². The summed E-state index contributed by atoms with van der Waals surface area (Å²) in [6, 6.07) is 9.28. The Morgan fingerprint density at radius 1 is 1.13 bits per heavy atom. The molecule has 3 aliphatic rings. The zero-order chi connectivity index (χ0) is 26.9. The van der Waals surface area contributed by atoms with Gasteiger partial charge in [0.2, 0.25) is 0 Å². The van der Waals surface area contributed by atoms with E-state index in [0.29, 0.717) is 24.7 Å². The smallest absolute Gasteiger partial charge is 0.349 e. The predicted octanol–water partition coefficient (Wildman–Crippen LogP) is 3.93. The maximum absolute atomic E-state index is 12.7. The van der Waals surface area contributed by atoms with E-state index in [1.165, 1.54) is 23.3 Å². The van der Waals surface area contributed by atoms with E-state index in [1.807, 2.05) is 0 Å². The molecule has 0 unspecified atom stereocenters. The fourth-order valence-corrected chi connectivity index (χ4v) is 7.96. The van der Waals surface area contributed by atoms with Crippen molar-refractivity contribution in [1.82, 2.24) is 4.90 Å². The molecule has 1 aromatic heterocycles. The Hall–Kier alpha value is -2.43. The number of ether oxygens (including phenoxy) is 2. The number of carbonyl (C=O) groups excluding carboxylic acids is 2. The number of sulfone groups is 1. The van der Waals surface area contributed by atoms with Gasteiger partial charge in [-0.3, -0.25) is 4.79 Å². The summed E-state index contributed by atoms with van der Waals surface area (Å²) in [4.78, 5) is 27.8. The van der Waals surface area contributed by atoms with E-state index in [-0.39, 0.29) is 9.09 Å². The topological polar surface area (TPSA) is 116 Å². The van der Waals surface area contributed by atoms with Crippen molar-refractivity contribution in [1.29, 1.82) is 0 Å². The highest BCUT2D eigenvalue weighted by Crippen LogP contribution is 2.39. The summed E-state index contributed by atoms with van der Waals surface area (Å²) >= 11 is 0.849. The number of likely N-dealkylation sites (tertiary alicyclic amines) is 1. The Bertz CT molecular complexity index is 1290. The highest BCUT2D eigenvalue weighted by molar-refractivity contribution is 7.92. The third kappa shape index (κ3) is 5.77. The highest BCUT2D eigenvalue weighted by Gasteiger charge is 2.44. The molecule has 1 saturated heterocycles. The molecule has 0 spiro atoms. The van der Waals surface area contributed by atoms with Gasteiger partial charge in [-0.25, -0.2) is 13.2 Å². The third-order valence-electron chi connectivity index (χ3n) is 8.46. The van der Waals surface area contributed by atoms with Gasteiger partial charge in [0.25, 0.3) is 5.91 Å². The average molecular weight is 561 g/mol. The molecule has 0 bridgehead atoms. The van der Waals surface area contributed by atoms with Crippen LogP contribution < -0.4 is 10.5 Å². The van der Waals surface area contributed by atoms with Crippen molar-refractivity contribution in [2.24, 2.45) is 11.7 Å². The first kappa shape index (κ1) is 27.1. The number of nitrogens with zero attached hydrogens (tertiary/aromatic N) is 1. The van der Waals surface area contributed by atoms with Crippen molar-refractivity contribution in [3.8, 4) is 5.75 Å². The minimum absolute atomic E-state index is 0.0898. The van der Waals surface area contributed by atoms with E-state index in [1.54, 1.807) is 0 Å². The summed E-state index contributed by atoms with van der Waals surface area (Å²) in [7, 11) is -3.41. The molecular formula is C28H36N2O6S2. The molecule has 2 aliphatic heterocycles. The van der Waals surface area contributed by atoms with Gasteiger partial charge in [-0.15, -0.1) is 11.3 Å². The van der Waals surface area contributed by atoms with Crippen molar-refractivity contribution < 1.29 is 27.5 Å². The Morgan fingerprint density at radius 3 is 2.53 bits per heavy atom. The van der Waals surface area contributed by atoms with Gasteiger partial charge in [0.05, 0.1) is 6.61 Å². The van der Waals surface area contributed by atoms with Crippen molar-refractivity contribution in [2.45, 2.75) is 67.1 Å². The van der Waals surface area contributed by atoms with Crippen LogP contribution in [0.1, 0.15) is 71.7 Å². The summed E-state index contributed by atoms with van der Waals surface area (Å²) in [6.07, 6.45) is 7.79. The van der Waals surface area contributed by atoms with Gasteiger partial charge >= 0.3 is 5.97 Å². The average Bonchev–Trinajstić information content (AvgIpc) is 3.59. The van der Waals surface area contributed by atoms with Gasteiger partial charge in [0.15, 0.2) is 15.4 Å². The first-order chi connectivity index (χ1) is 18.1. The van der Waals surface area contributed by atoms with E-state index in [9.17, 15) is 18.0 Å². The lowest BCUT2D eigenvalue weighted by Gasteiger charge is -2.38. The summed E-state index contributed by atoms with van der Waals surface area (Å²) < 4.78 is 35.0. The molecule has 1 aromatic carbocycles. The van der Waals surface area contributed by atoms with Crippen LogP contribution in [0.15, 0.2) is 34.5 Å². The highest BCUT2D eigenvalue weighted by atomic mass is 32.2. The van der Waals surface area contributed by atoms with Crippen LogP contribution in [0, 0.1) is 5.92 Å². The first-order valence-corrected chi connectivity index (χ1v) is 16.2. The van der Waals surface area contributed by atoms with E-state index < -0.39 is 27.3 Å². The molecular weight excluding hydrogens is 524 g/mol. The number of rotatable bonds is 8. The molecule has 3 heterocycles. The molecule has 10 heteroatoms. The zero-order valence-electron chi connectivity index (χ0n) is 21.8. The number of esters is 1. The number of hydrogen-bond donors (Lipinski definition) is 1. The number of thiophene rings is 1. The van der Waals surface area contributed by atoms with Crippen LogP contribution in [-0.4, -0.2) is 63.3 Å². The summed E-state index contributed by atoms with van der Waals surface area (Å²) in [5, 5.41) is 0. The van der Waals surface area contributed by atoms with Gasteiger partial charge in [-0.05, 0) is 100 Å². The molecule has 38 heavy (non-hydrogen) atoms. The summed E-state index contributed by atoms with van der Waals surface area (Å²) in [5.41, 5.74) is 7.25. The SMILES string of the molecule is CS(=O)(=O)c1ccc(C(=O)OC2(C(N)=O)CCC(CCN3CCC(c4cccc5c4CCO5)CC3)CC2)s1. The summed E-state index contributed by atoms with van der Waals surface area (Å²) in [6.45, 7) is 3.99. The van der Waals surface area contributed by atoms with E-state index >= 15 is 0 Å². The van der Waals surface area contributed by atoms with Crippen molar-refractivity contribution in [2.75, 3.05) is 32.5 Å². The molecule has 0 radical (unpaired) electrons.